The van der Waals surface area contributed by atoms with E-state index in [1.807, 2.05) is 19.1 Å². The molecule has 2 aromatic carbocycles. The highest BCUT2D eigenvalue weighted by molar-refractivity contribution is 5.98. The molecular formula is C21H19F2N3O2. The van der Waals surface area contributed by atoms with Crippen LogP contribution in [0.5, 0.6) is 5.75 Å². The van der Waals surface area contributed by atoms with Crippen molar-refractivity contribution >= 4 is 5.91 Å². The first-order valence-corrected chi connectivity index (χ1v) is 8.94. The van der Waals surface area contributed by atoms with Crippen LogP contribution in [0.1, 0.15) is 27.2 Å². The molecule has 1 N–H and O–H groups in total. The van der Waals surface area contributed by atoms with Crippen LogP contribution in [-0.4, -0.2) is 34.7 Å². The number of nitrogens with one attached hydrogen (secondary N) is 1. The number of rotatable bonds is 3. The topological polar surface area (TPSA) is 58.2 Å². The van der Waals surface area contributed by atoms with E-state index in [2.05, 4.69) is 10.2 Å². The fourth-order valence-corrected chi connectivity index (χ4v) is 3.59. The number of ether oxygens (including phenoxy) is 1. The Morgan fingerprint density at radius 3 is 2.79 bits per heavy atom. The van der Waals surface area contributed by atoms with E-state index in [4.69, 9.17) is 4.74 Å². The molecule has 0 unspecified atom stereocenters. The minimum absolute atomic E-state index is 0.127. The van der Waals surface area contributed by atoms with E-state index in [-0.39, 0.29) is 5.91 Å². The molecule has 0 radical (unpaired) electrons. The zero-order valence-electron chi connectivity index (χ0n) is 15.6. The summed E-state index contributed by atoms with van der Waals surface area (Å²) in [6.45, 7) is 2.73. The van der Waals surface area contributed by atoms with E-state index < -0.39 is 11.6 Å². The third kappa shape index (κ3) is 3.02. The molecule has 1 aromatic heterocycles. The molecule has 0 saturated carbocycles. The van der Waals surface area contributed by atoms with E-state index in [0.29, 0.717) is 42.1 Å². The van der Waals surface area contributed by atoms with Gasteiger partial charge in [-0.1, -0.05) is 12.1 Å². The molecule has 1 aliphatic rings. The van der Waals surface area contributed by atoms with Gasteiger partial charge in [-0.05, 0) is 36.8 Å². The van der Waals surface area contributed by atoms with Gasteiger partial charge in [0.15, 0.2) is 11.6 Å². The maximum atomic E-state index is 13.7. The molecule has 0 saturated heterocycles. The number of halogens is 2. The molecule has 3 aromatic rings. The molecule has 28 heavy (non-hydrogen) atoms. The Morgan fingerprint density at radius 1 is 1.21 bits per heavy atom. The normalized spacial score (nSPS) is 13.4. The van der Waals surface area contributed by atoms with Crippen LogP contribution < -0.4 is 4.74 Å². The minimum Gasteiger partial charge on any atom is -0.496 e. The van der Waals surface area contributed by atoms with E-state index in [9.17, 15) is 13.6 Å². The number of aryl methyl sites for hydroxylation is 1. The minimum atomic E-state index is -0.928. The summed E-state index contributed by atoms with van der Waals surface area (Å²) in [5, 5.41) is 7.24. The van der Waals surface area contributed by atoms with Crippen molar-refractivity contribution in [1.82, 2.24) is 15.1 Å². The standard InChI is InChI=1S/C21H19F2N3O2/c1-12-4-3-5-18(28-2)19(12)21(27)26-9-8-17-14(11-26)20(25-24-17)13-6-7-15(22)16(23)10-13/h3-7,10H,8-9,11H2,1-2H3,(H,24,25). The molecular weight excluding hydrogens is 364 g/mol. The lowest BCUT2D eigenvalue weighted by molar-refractivity contribution is 0.0730. The van der Waals surface area contributed by atoms with Crippen LogP contribution in [-0.2, 0) is 13.0 Å². The van der Waals surface area contributed by atoms with E-state index in [1.54, 1.807) is 11.0 Å². The fraction of sp³-hybridized carbons (Fsp3) is 0.238. The van der Waals surface area contributed by atoms with Gasteiger partial charge in [-0.25, -0.2) is 8.78 Å². The number of H-pyrrole nitrogens is 1. The van der Waals surface area contributed by atoms with Gasteiger partial charge in [0.25, 0.3) is 5.91 Å². The predicted octanol–water partition coefficient (Wildman–Crippen LogP) is 3.87. The van der Waals surface area contributed by atoms with Crippen molar-refractivity contribution in [2.24, 2.45) is 0 Å². The van der Waals surface area contributed by atoms with Gasteiger partial charge >= 0.3 is 0 Å². The first-order valence-electron chi connectivity index (χ1n) is 8.94. The van der Waals surface area contributed by atoms with Crippen molar-refractivity contribution < 1.29 is 18.3 Å². The van der Waals surface area contributed by atoms with Crippen LogP contribution in [0.25, 0.3) is 11.3 Å². The Bertz CT molecular complexity index is 1060. The number of fused-ring (bicyclic) bond motifs is 1. The highest BCUT2D eigenvalue weighted by atomic mass is 19.2. The number of aromatic nitrogens is 2. The summed E-state index contributed by atoms with van der Waals surface area (Å²) < 4.78 is 32.3. The predicted molar refractivity (Wildman–Crippen MR) is 100 cm³/mol. The van der Waals surface area contributed by atoms with Crippen LogP contribution in [0.3, 0.4) is 0 Å². The lowest BCUT2D eigenvalue weighted by Gasteiger charge is -2.28. The van der Waals surface area contributed by atoms with Crippen molar-refractivity contribution in [2.75, 3.05) is 13.7 Å². The second-order valence-electron chi connectivity index (χ2n) is 6.79. The number of hydrogen-bond donors (Lipinski definition) is 1. The maximum absolute atomic E-state index is 13.7. The fourth-order valence-electron chi connectivity index (χ4n) is 3.59. The van der Waals surface area contributed by atoms with Gasteiger partial charge in [-0.15, -0.1) is 0 Å². The maximum Gasteiger partial charge on any atom is 0.258 e. The van der Waals surface area contributed by atoms with Gasteiger partial charge in [0.1, 0.15) is 5.75 Å². The third-order valence-corrected chi connectivity index (χ3v) is 5.08. The summed E-state index contributed by atoms with van der Waals surface area (Å²) >= 11 is 0. The lowest BCUT2D eigenvalue weighted by atomic mass is 9.99. The van der Waals surface area contributed by atoms with E-state index in [0.717, 1.165) is 29.0 Å². The van der Waals surface area contributed by atoms with Crippen molar-refractivity contribution in [2.45, 2.75) is 19.9 Å². The molecule has 0 spiro atoms. The Labute approximate surface area is 160 Å². The Kier molecular flexibility index (Phi) is 4.58. The Hall–Kier alpha value is -3.22. The molecule has 2 heterocycles. The number of methoxy groups -OCH3 is 1. The number of carbonyl (C=O) groups is 1. The van der Waals surface area contributed by atoms with Gasteiger partial charge in [-0.2, -0.15) is 5.10 Å². The van der Waals surface area contributed by atoms with Gasteiger partial charge in [0.2, 0.25) is 0 Å². The molecule has 7 heteroatoms. The number of hydrogen-bond acceptors (Lipinski definition) is 3. The quantitative estimate of drug-likeness (QED) is 0.747. The molecule has 1 aliphatic heterocycles. The van der Waals surface area contributed by atoms with Gasteiger partial charge in [-0.3, -0.25) is 9.89 Å². The largest absolute Gasteiger partial charge is 0.496 e. The molecule has 0 aliphatic carbocycles. The van der Waals surface area contributed by atoms with Crippen LogP contribution in [0.15, 0.2) is 36.4 Å². The number of amides is 1. The summed E-state index contributed by atoms with van der Waals surface area (Å²) in [6, 6.07) is 9.17. The average molecular weight is 383 g/mol. The smallest absolute Gasteiger partial charge is 0.258 e. The van der Waals surface area contributed by atoms with Gasteiger partial charge < -0.3 is 9.64 Å². The van der Waals surface area contributed by atoms with E-state index >= 15 is 0 Å². The first kappa shape index (κ1) is 18.2. The molecule has 4 rings (SSSR count). The summed E-state index contributed by atoms with van der Waals surface area (Å²) in [4.78, 5) is 14.9. The van der Waals surface area contributed by atoms with Crippen LogP contribution in [0, 0.1) is 18.6 Å². The second kappa shape index (κ2) is 7.07. The van der Waals surface area contributed by atoms with Gasteiger partial charge in [0, 0.05) is 36.3 Å². The van der Waals surface area contributed by atoms with Crippen molar-refractivity contribution in [3.05, 3.63) is 70.4 Å². The summed E-state index contributed by atoms with van der Waals surface area (Å²) in [5.41, 5.74) is 4.09. The number of aromatic amines is 1. The highest BCUT2D eigenvalue weighted by Gasteiger charge is 2.28. The molecule has 144 valence electrons. The SMILES string of the molecule is COc1cccc(C)c1C(=O)N1CCc2[nH]nc(-c3ccc(F)c(F)c3)c2C1. The van der Waals surface area contributed by atoms with Crippen molar-refractivity contribution in [1.29, 1.82) is 0 Å². The van der Waals surface area contributed by atoms with Gasteiger partial charge in [0.05, 0.1) is 18.4 Å². The number of nitrogens with zero attached hydrogens (tertiary/aromatic N) is 2. The van der Waals surface area contributed by atoms with Crippen LogP contribution >= 0.6 is 0 Å². The lowest BCUT2D eigenvalue weighted by Crippen LogP contribution is -2.36. The second-order valence-corrected chi connectivity index (χ2v) is 6.79. The third-order valence-electron chi connectivity index (χ3n) is 5.08. The van der Waals surface area contributed by atoms with Crippen molar-refractivity contribution in [3.8, 4) is 17.0 Å². The monoisotopic (exact) mass is 383 g/mol. The highest BCUT2D eigenvalue weighted by Crippen LogP contribution is 2.31. The number of benzene rings is 2. The van der Waals surface area contributed by atoms with Crippen LogP contribution in [0.4, 0.5) is 8.78 Å². The molecule has 1 amide bonds. The Balaban J connectivity index is 1.68. The molecule has 0 bridgehead atoms. The number of carbonyl (C=O) groups excluding carboxylic acids is 1. The summed E-state index contributed by atoms with van der Waals surface area (Å²) in [6.07, 6.45) is 0.603. The zero-order valence-corrected chi connectivity index (χ0v) is 15.6. The van der Waals surface area contributed by atoms with Crippen molar-refractivity contribution in [3.63, 3.8) is 0 Å². The summed E-state index contributed by atoms with van der Waals surface area (Å²) in [7, 11) is 1.54. The molecule has 0 fully saturated rings. The average Bonchev–Trinajstić information content (AvgIpc) is 3.12. The molecule has 5 nitrogen and oxygen atoms in total. The van der Waals surface area contributed by atoms with Crippen LogP contribution in [0.2, 0.25) is 0 Å². The van der Waals surface area contributed by atoms with E-state index in [1.165, 1.54) is 13.2 Å². The zero-order chi connectivity index (χ0) is 19.8. The molecule has 0 atom stereocenters. The first-order chi connectivity index (χ1) is 13.5. The summed E-state index contributed by atoms with van der Waals surface area (Å²) in [5.74, 6) is -1.43. The Morgan fingerprint density at radius 2 is 2.04 bits per heavy atom.